The van der Waals surface area contributed by atoms with Gasteiger partial charge in [-0.3, -0.25) is 4.90 Å². The molecule has 1 aromatic heterocycles. The summed E-state index contributed by atoms with van der Waals surface area (Å²) in [6.07, 6.45) is 0. The summed E-state index contributed by atoms with van der Waals surface area (Å²) in [5.41, 5.74) is 1.56. The van der Waals surface area contributed by atoms with Crippen molar-refractivity contribution in [1.82, 2.24) is 9.80 Å². The number of carbonyl (C=O) groups excluding carboxylic acids is 1. The highest BCUT2D eigenvalue weighted by Gasteiger charge is 2.25. The summed E-state index contributed by atoms with van der Waals surface area (Å²) < 4.78 is 16.3. The van der Waals surface area contributed by atoms with Crippen molar-refractivity contribution in [1.29, 1.82) is 0 Å². The van der Waals surface area contributed by atoms with Crippen molar-refractivity contribution in [2.75, 3.05) is 46.9 Å². The summed E-state index contributed by atoms with van der Waals surface area (Å²) >= 11 is 0. The molecule has 1 aromatic carbocycles. The largest absolute Gasteiger partial charge is 0.497 e. The number of esters is 1. The van der Waals surface area contributed by atoms with Crippen LogP contribution in [0, 0.1) is 0 Å². The van der Waals surface area contributed by atoms with Gasteiger partial charge in [-0.15, -0.1) is 0 Å². The van der Waals surface area contributed by atoms with Gasteiger partial charge in [0, 0.05) is 43.7 Å². The molecule has 130 valence electrons. The lowest BCUT2D eigenvalue weighted by Gasteiger charge is -2.32. The molecule has 0 saturated carbocycles. The van der Waals surface area contributed by atoms with Crippen LogP contribution in [0.2, 0.25) is 0 Å². The minimum absolute atomic E-state index is 0.305. The second-order valence-electron chi connectivity index (χ2n) is 6.07. The number of hydrogen-bond acceptors (Lipinski definition) is 6. The number of carbonyl (C=O) groups is 1. The van der Waals surface area contributed by atoms with Crippen molar-refractivity contribution in [3.05, 3.63) is 29.5 Å². The number of likely N-dealkylation sites (N-methyl/N-ethyl adjacent to an activating group) is 1. The molecule has 0 amide bonds. The molecule has 0 aliphatic carbocycles. The summed E-state index contributed by atoms with van der Waals surface area (Å²) in [5, 5.41) is 0.913. The number of benzene rings is 1. The molecule has 0 bridgehead atoms. The molecule has 0 unspecified atom stereocenters. The molecule has 0 N–H and O–H groups in total. The Bertz CT molecular complexity index is 717. The van der Waals surface area contributed by atoms with Crippen molar-refractivity contribution in [2.24, 2.45) is 0 Å². The molecule has 2 heterocycles. The van der Waals surface area contributed by atoms with Crippen LogP contribution in [0.3, 0.4) is 0 Å². The van der Waals surface area contributed by atoms with Gasteiger partial charge in [0.15, 0.2) is 0 Å². The number of hydrogen-bond donors (Lipinski definition) is 0. The molecule has 0 atom stereocenters. The standard InChI is InChI=1S/C18H24N2O4/c1-4-23-18(21)17-15(12-20-9-7-19(2)8-10-20)14-11-13(22-3)5-6-16(14)24-17/h5-6,11H,4,7-10,12H2,1-3H3. The third-order valence-corrected chi connectivity index (χ3v) is 4.44. The fourth-order valence-electron chi connectivity index (χ4n) is 3.00. The molecular weight excluding hydrogens is 308 g/mol. The topological polar surface area (TPSA) is 55.2 Å². The Morgan fingerprint density at radius 3 is 2.67 bits per heavy atom. The van der Waals surface area contributed by atoms with Gasteiger partial charge >= 0.3 is 5.97 Å². The summed E-state index contributed by atoms with van der Waals surface area (Å²) in [6, 6.07) is 5.59. The number of ether oxygens (including phenoxy) is 2. The highest BCUT2D eigenvalue weighted by molar-refractivity contribution is 5.96. The van der Waals surface area contributed by atoms with E-state index in [9.17, 15) is 4.79 Å². The van der Waals surface area contributed by atoms with E-state index >= 15 is 0 Å². The molecule has 1 aliphatic heterocycles. The van der Waals surface area contributed by atoms with Crippen LogP contribution in [-0.2, 0) is 11.3 Å². The summed E-state index contributed by atoms with van der Waals surface area (Å²) in [5.74, 6) is 0.647. The van der Waals surface area contributed by atoms with Crippen LogP contribution in [0.4, 0.5) is 0 Å². The van der Waals surface area contributed by atoms with Crippen molar-refractivity contribution >= 4 is 16.9 Å². The van der Waals surface area contributed by atoms with Crippen LogP contribution in [-0.4, -0.2) is 62.7 Å². The smallest absolute Gasteiger partial charge is 0.374 e. The van der Waals surface area contributed by atoms with E-state index in [2.05, 4.69) is 16.8 Å². The van der Waals surface area contributed by atoms with Gasteiger partial charge in [0.2, 0.25) is 5.76 Å². The average Bonchev–Trinajstić information content (AvgIpc) is 2.95. The van der Waals surface area contributed by atoms with Gasteiger partial charge in [0.05, 0.1) is 13.7 Å². The Balaban J connectivity index is 1.97. The molecule has 0 radical (unpaired) electrons. The van der Waals surface area contributed by atoms with Crippen LogP contribution in [0.15, 0.2) is 22.6 Å². The zero-order valence-corrected chi connectivity index (χ0v) is 14.5. The molecular formula is C18H24N2O4. The third-order valence-electron chi connectivity index (χ3n) is 4.44. The van der Waals surface area contributed by atoms with E-state index in [0.717, 1.165) is 42.9 Å². The summed E-state index contributed by atoms with van der Waals surface area (Å²) in [7, 11) is 3.76. The number of fused-ring (bicyclic) bond motifs is 1. The molecule has 6 nitrogen and oxygen atoms in total. The fraction of sp³-hybridized carbons (Fsp3) is 0.500. The Kier molecular flexibility index (Phi) is 5.06. The Hall–Kier alpha value is -2.05. The van der Waals surface area contributed by atoms with Gasteiger partial charge in [-0.25, -0.2) is 4.79 Å². The Morgan fingerprint density at radius 2 is 2.00 bits per heavy atom. The lowest BCUT2D eigenvalue weighted by molar-refractivity contribution is 0.0488. The maximum atomic E-state index is 12.3. The highest BCUT2D eigenvalue weighted by Crippen LogP contribution is 2.31. The number of nitrogens with zero attached hydrogens (tertiary/aromatic N) is 2. The van der Waals surface area contributed by atoms with Gasteiger partial charge in [-0.05, 0) is 32.2 Å². The van der Waals surface area contributed by atoms with E-state index in [0.29, 0.717) is 24.5 Å². The second kappa shape index (κ2) is 7.23. The third kappa shape index (κ3) is 3.39. The monoisotopic (exact) mass is 332 g/mol. The van der Waals surface area contributed by atoms with E-state index in [-0.39, 0.29) is 0 Å². The zero-order chi connectivity index (χ0) is 17.1. The number of furan rings is 1. The average molecular weight is 332 g/mol. The number of rotatable bonds is 5. The molecule has 24 heavy (non-hydrogen) atoms. The molecule has 1 aliphatic rings. The zero-order valence-electron chi connectivity index (χ0n) is 14.5. The lowest BCUT2D eigenvalue weighted by atomic mass is 10.1. The van der Waals surface area contributed by atoms with Gasteiger partial charge in [-0.1, -0.05) is 0 Å². The molecule has 2 aromatic rings. The van der Waals surface area contributed by atoms with E-state index < -0.39 is 5.97 Å². The molecule has 6 heteroatoms. The van der Waals surface area contributed by atoms with Crippen LogP contribution in [0.5, 0.6) is 5.75 Å². The van der Waals surface area contributed by atoms with Gasteiger partial charge in [0.1, 0.15) is 11.3 Å². The van der Waals surface area contributed by atoms with Crippen LogP contribution in [0.25, 0.3) is 11.0 Å². The maximum absolute atomic E-state index is 12.3. The van der Waals surface area contributed by atoms with Gasteiger partial charge in [0.25, 0.3) is 0 Å². The molecule has 3 rings (SSSR count). The Labute approximate surface area is 141 Å². The Morgan fingerprint density at radius 1 is 1.25 bits per heavy atom. The summed E-state index contributed by atoms with van der Waals surface area (Å²) in [6.45, 7) is 6.77. The first kappa shape index (κ1) is 16.8. The fourth-order valence-corrected chi connectivity index (χ4v) is 3.00. The minimum atomic E-state index is -0.406. The van der Waals surface area contributed by atoms with Gasteiger partial charge in [-0.2, -0.15) is 0 Å². The molecule has 1 fully saturated rings. The first-order valence-electron chi connectivity index (χ1n) is 8.29. The van der Waals surface area contributed by atoms with Crippen LogP contribution in [0.1, 0.15) is 23.0 Å². The molecule has 0 spiro atoms. The van der Waals surface area contributed by atoms with Crippen LogP contribution < -0.4 is 4.74 Å². The molecule has 1 saturated heterocycles. The van der Waals surface area contributed by atoms with Crippen molar-refractivity contribution in [2.45, 2.75) is 13.5 Å². The minimum Gasteiger partial charge on any atom is -0.497 e. The second-order valence-corrected chi connectivity index (χ2v) is 6.07. The SMILES string of the molecule is CCOC(=O)c1oc2ccc(OC)cc2c1CN1CCN(C)CC1. The first-order chi connectivity index (χ1) is 11.6. The normalized spacial score (nSPS) is 16.5. The van der Waals surface area contributed by atoms with E-state index in [4.69, 9.17) is 13.9 Å². The van der Waals surface area contributed by atoms with Crippen molar-refractivity contribution < 1.29 is 18.7 Å². The predicted molar refractivity (Wildman–Crippen MR) is 91.5 cm³/mol. The first-order valence-corrected chi connectivity index (χ1v) is 8.29. The van der Waals surface area contributed by atoms with E-state index in [1.54, 1.807) is 14.0 Å². The lowest BCUT2D eigenvalue weighted by Crippen LogP contribution is -2.44. The maximum Gasteiger partial charge on any atom is 0.374 e. The predicted octanol–water partition coefficient (Wildman–Crippen LogP) is 2.37. The highest BCUT2D eigenvalue weighted by atomic mass is 16.5. The van der Waals surface area contributed by atoms with E-state index in [1.807, 2.05) is 18.2 Å². The number of piperazine rings is 1. The van der Waals surface area contributed by atoms with E-state index in [1.165, 1.54) is 0 Å². The van der Waals surface area contributed by atoms with Crippen LogP contribution >= 0.6 is 0 Å². The summed E-state index contributed by atoms with van der Waals surface area (Å²) in [4.78, 5) is 17.0. The number of methoxy groups -OCH3 is 1. The quantitative estimate of drug-likeness (QED) is 0.784. The van der Waals surface area contributed by atoms with Gasteiger partial charge < -0.3 is 18.8 Å². The van der Waals surface area contributed by atoms with Crippen molar-refractivity contribution in [3.63, 3.8) is 0 Å². The van der Waals surface area contributed by atoms with Crippen molar-refractivity contribution in [3.8, 4) is 5.75 Å².